The van der Waals surface area contributed by atoms with Crippen molar-refractivity contribution in [3.05, 3.63) is 17.0 Å². The number of hydrogen-bond acceptors (Lipinski definition) is 4. The van der Waals surface area contributed by atoms with Gasteiger partial charge in [0.2, 0.25) is 0 Å². The van der Waals surface area contributed by atoms with Gasteiger partial charge in [0.05, 0.1) is 29.2 Å². The zero-order valence-corrected chi connectivity index (χ0v) is 13.4. The highest BCUT2D eigenvalue weighted by Gasteiger charge is 2.29. The minimum atomic E-state index is -3.22. The largest absolute Gasteiger partial charge is 0.481 e. The molecule has 1 aromatic heterocycles. The summed E-state index contributed by atoms with van der Waals surface area (Å²) in [6.45, 7) is 8.74. The first-order chi connectivity index (χ1) is 8.95. The molecule has 0 unspecified atom stereocenters. The van der Waals surface area contributed by atoms with Gasteiger partial charge in [-0.25, -0.2) is 8.42 Å². The molecule has 6 nitrogen and oxygen atoms in total. The monoisotopic (exact) mass is 302 g/mol. The number of hydrogen-bond donors (Lipinski definition) is 1. The van der Waals surface area contributed by atoms with Gasteiger partial charge < -0.3 is 5.11 Å². The van der Waals surface area contributed by atoms with Crippen LogP contribution in [0.4, 0.5) is 0 Å². The minimum Gasteiger partial charge on any atom is -0.481 e. The first-order valence-corrected chi connectivity index (χ1v) is 8.08. The second-order valence-electron chi connectivity index (χ2n) is 5.87. The molecule has 0 atom stereocenters. The predicted octanol–water partition coefficient (Wildman–Crippen LogP) is 1.34. The molecule has 0 spiro atoms. The number of aliphatic carboxylic acids is 1. The van der Waals surface area contributed by atoms with Crippen molar-refractivity contribution < 1.29 is 18.3 Å². The highest BCUT2D eigenvalue weighted by molar-refractivity contribution is 7.92. The van der Waals surface area contributed by atoms with E-state index in [4.69, 9.17) is 5.11 Å². The fourth-order valence-corrected chi connectivity index (χ4v) is 2.90. The van der Waals surface area contributed by atoms with Crippen LogP contribution in [-0.4, -0.2) is 39.8 Å². The van der Waals surface area contributed by atoms with Crippen LogP contribution in [0.3, 0.4) is 0 Å². The van der Waals surface area contributed by atoms with Crippen molar-refractivity contribution in [3.63, 3.8) is 0 Å². The zero-order chi connectivity index (χ0) is 15.7. The molecule has 0 aliphatic rings. The van der Waals surface area contributed by atoms with Gasteiger partial charge in [-0.3, -0.25) is 9.48 Å². The quantitative estimate of drug-likeness (QED) is 0.886. The molecule has 114 valence electrons. The summed E-state index contributed by atoms with van der Waals surface area (Å²) in [5, 5.41) is 13.1. The lowest BCUT2D eigenvalue weighted by Gasteiger charge is -2.19. The topological polar surface area (TPSA) is 89.3 Å². The first kappa shape index (κ1) is 16.7. The Hall–Kier alpha value is -1.37. The van der Waals surface area contributed by atoms with Gasteiger partial charge in [0.15, 0.2) is 9.84 Å². The smallest absolute Gasteiger partial charge is 0.307 e. The molecule has 1 heterocycles. The summed E-state index contributed by atoms with van der Waals surface area (Å²) in [5.41, 5.74) is 2.01. The Bertz CT molecular complexity index is 609. The maximum atomic E-state index is 12.1. The Morgan fingerprint density at radius 2 is 1.85 bits per heavy atom. The molecule has 0 saturated heterocycles. The Kier molecular flexibility index (Phi) is 4.63. The summed E-state index contributed by atoms with van der Waals surface area (Å²) >= 11 is 0. The summed E-state index contributed by atoms with van der Waals surface area (Å²) in [5.74, 6) is -0.927. The number of carboxylic acid groups (broad SMARTS) is 1. The van der Waals surface area contributed by atoms with Gasteiger partial charge in [-0.15, -0.1) is 0 Å². The van der Waals surface area contributed by atoms with E-state index in [1.165, 1.54) is 0 Å². The summed E-state index contributed by atoms with van der Waals surface area (Å²) < 4.78 is 24.9. The molecule has 1 rings (SSSR count). The molecule has 0 amide bonds. The van der Waals surface area contributed by atoms with Crippen LogP contribution in [0.2, 0.25) is 0 Å². The summed E-state index contributed by atoms with van der Waals surface area (Å²) in [4.78, 5) is 10.8. The molecule has 1 aromatic rings. The van der Waals surface area contributed by atoms with Crippen molar-refractivity contribution >= 4 is 15.8 Å². The lowest BCUT2D eigenvalue weighted by molar-refractivity contribution is -0.136. The maximum absolute atomic E-state index is 12.1. The van der Waals surface area contributed by atoms with E-state index in [-0.39, 0.29) is 18.7 Å². The Morgan fingerprint density at radius 1 is 1.30 bits per heavy atom. The van der Waals surface area contributed by atoms with Crippen molar-refractivity contribution in [1.82, 2.24) is 9.78 Å². The van der Waals surface area contributed by atoms with Gasteiger partial charge in [0, 0.05) is 11.3 Å². The molecule has 0 saturated carbocycles. The van der Waals surface area contributed by atoms with Crippen LogP contribution in [0.25, 0.3) is 0 Å². The number of carbonyl (C=O) groups is 1. The molecule has 0 aliphatic heterocycles. The van der Waals surface area contributed by atoms with Crippen LogP contribution in [0, 0.1) is 13.8 Å². The van der Waals surface area contributed by atoms with Crippen LogP contribution in [0.15, 0.2) is 0 Å². The number of aromatic nitrogens is 2. The average molecular weight is 302 g/mol. The van der Waals surface area contributed by atoms with Crippen LogP contribution in [-0.2, 0) is 27.6 Å². The van der Waals surface area contributed by atoms with E-state index in [1.54, 1.807) is 39.3 Å². The molecule has 0 radical (unpaired) electrons. The molecular formula is C13H22N2O4S. The SMILES string of the molecule is Cc1nn(CCS(=O)(=O)C(C)(C)C)c(C)c1CC(=O)O. The molecule has 7 heteroatoms. The Balaban J connectivity index is 2.94. The predicted molar refractivity (Wildman–Crippen MR) is 76.6 cm³/mol. The normalized spacial score (nSPS) is 12.7. The average Bonchev–Trinajstić information content (AvgIpc) is 2.52. The van der Waals surface area contributed by atoms with E-state index in [0.717, 1.165) is 0 Å². The van der Waals surface area contributed by atoms with Crippen LogP contribution >= 0.6 is 0 Å². The number of aryl methyl sites for hydroxylation is 2. The van der Waals surface area contributed by atoms with Gasteiger partial charge >= 0.3 is 5.97 Å². The van der Waals surface area contributed by atoms with E-state index >= 15 is 0 Å². The van der Waals surface area contributed by atoms with Crippen LogP contribution < -0.4 is 0 Å². The highest BCUT2D eigenvalue weighted by Crippen LogP contribution is 2.18. The highest BCUT2D eigenvalue weighted by atomic mass is 32.2. The number of carboxylic acids is 1. The van der Waals surface area contributed by atoms with Gasteiger partial charge in [-0.1, -0.05) is 0 Å². The van der Waals surface area contributed by atoms with Gasteiger partial charge in [-0.2, -0.15) is 5.10 Å². The third kappa shape index (κ3) is 3.59. The van der Waals surface area contributed by atoms with E-state index in [0.29, 0.717) is 17.0 Å². The van der Waals surface area contributed by atoms with E-state index in [9.17, 15) is 13.2 Å². The number of nitrogens with zero attached hydrogens (tertiary/aromatic N) is 2. The molecule has 0 bridgehead atoms. The summed E-state index contributed by atoms with van der Waals surface area (Å²) in [6, 6.07) is 0. The lowest BCUT2D eigenvalue weighted by atomic mass is 10.1. The zero-order valence-electron chi connectivity index (χ0n) is 12.6. The first-order valence-electron chi connectivity index (χ1n) is 6.42. The lowest BCUT2D eigenvalue weighted by Crippen LogP contribution is -2.32. The van der Waals surface area contributed by atoms with Crippen molar-refractivity contribution in [2.75, 3.05) is 5.75 Å². The fraction of sp³-hybridized carbons (Fsp3) is 0.692. The standard InChI is InChI=1S/C13H22N2O4S/c1-9-11(8-12(16)17)10(2)15(14-9)6-7-20(18,19)13(3,4)5/h6-8H2,1-5H3,(H,16,17). The van der Waals surface area contributed by atoms with E-state index in [1.807, 2.05) is 0 Å². The third-order valence-corrected chi connectivity index (χ3v) is 5.95. The van der Waals surface area contributed by atoms with Crippen molar-refractivity contribution in [2.45, 2.75) is 52.3 Å². The second kappa shape index (κ2) is 5.55. The van der Waals surface area contributed by atoms with Gasteiger partial charge in [0.25, 0.3) is 0 Å². The maximum Gasteiger partial charge on any atom is 0.307 e. The van der Waals surface area contributed by atoms with E-state index < -0.39 is 20.6 Å². The molecular weight excluding hydrogens is 280 g/mol. The number of sulfone groups is 1. The van der Waals surface area contributed by atoms with Crippen molar-refractivity contribution in [2.24, 2.45) is 0 Å². The summed E-state index contributed by atoms with van der Waals surface area (Å²) in [7, 11) is -3.22. The van der Waals surface area contributed by atoms with Crippen molar-refractivity contribution in [3.8, 4) is 0 Å². The van der Waals surface area contributed by atoms with Crippen molar-refractivity contribution in [1.29, 1.82) is 0 Å². The molecule has 0 aromatic carbocycles. The third-order valence-electron chi connectivity index (χ3n) is 3.36. The molecule has 20 heavy (non-hydrogen) atoms. The second-order valence-corrected chi connectivity index (χ2v) is 8.74. The number of rotatable bonds is 5. The summed E-state index contributed by atoms with van der Waals surface area (Å²) in [6.07, 6.45) is -0.0936. The Labute approximate surface area is 119 Å². The fourth-order valence-electron chi connectivity index (χ4n) is 1.87. The molecule has 0 fully saturated rings. The van der Waals surface area contributed by atoms with Gasteiger partial charge in [-0.05, 0) is 34.6 Å². The van der Waals surface area contributed by atoms with E-state index in [2.05, 4.69) is 5.10 Å². The molecule has 1 N–H and O–H groups in total. The van der Waals surface area contributed by atoms with Crippen LogP contribution in [0.5, 0.6) is 0 Å². The molecule has 0 aliphatic carbocycles. The minimum absolute atomic E-state index is 0.00896. The Morgan fingerprint density at radius 3 is 2.30 bits per heavy atom. The van der Waals surface area contributed by atoms with Gasteiger partial charge in [0.1, 0.15) is 0 Å². The van der Waals surface area contributed by atoms with Crippen LogP contribution in [0.1, 0.15) is 37.7 Å².